The fraction of sp³-hybridized carbons (Fsp3) is 0.259. The van der Waals surface area contributed by atoms with Crippen LogP contribution < -0.4 is 20.1 Å². The first kappa shape index (κ1) is 21.6. The van der Waals surface area contributed by atoms with Crippen LogP contribution in [0.25, 0.3) is 33.4 Å². The predicted octanol–water partition coefficient (Wildman–Crippen LogP) is 4.44. The van der Waals surface area contributed by atoms with Crippen molar-refractivity contribution in [2.45, 2.75) is 19.9 Å². The van der Waals surface area contributed by atoms with E-state index in [0.29, 0.717) is 5.56 Å². The zero-order chi connectivity index (χ0) is 23.0. The SMILES string of the molecule is CC(C)NC(=O)c1ccccc1-c1c2ccc(=[N+](C)C)cc-2oc2cc(N(C)C)ccc12. The molecule has 0 radical (unpaired) electrons. The Bertz CT molecular complexity index is 1340. The molecule has 5 nitrogen and oxygen atoms in total. The smallest absolute Gasteiger partial charge is 0.252 e. The van der Waals surface area contributed by atoms with Gasteiger partial charge in [-0.25, -0.2) is 4.58 Å². The Kier molecular flexibility index (Phi) is 5.74. The molecule has 0 spiro atoms. The highest BCUT2D eigenvalue weighted by molar-refractivity contribution is 6.09. The van der Waals surface area contributed by atoms with Crippen LogP contribution in [-0.2, 0) is 0 Å². The molecule has 0 unspecified atom stereocenters. The van der Waals surface area contributed by atoms with Gasteiger partial charge in [0.05, 0.1) is 6.07 Å². The highest BCUT2D eigenvalue weighted by Gasteiger charge is 2.22. The van der Waals surface area contributed by atoms with Crippen molar-refractivity contribution in [3.8, 4) is 22.5 Å². The first-order chi connectivity index (χ1) is 15.3. The molecule has 0 atom stereocenters. The molecule has 0 saturated heterocycles. The molecule has 0 fully saturated rings. The zero-order valence-electron chi connectivity index (χ0n) is 19.6. The van der Waals surface area contributed by atoms with Gasteiger partial charge in [-0.1, -0.05) is 18.2 Å². The molecule has 1 aliphatic carbocycles. The molecule has 0 aromatic heterocycles. The van der Waals surface area contributed by atoms with Crippen LogP contribution in [0, 0.1) is 0 Å². The van der Waals surface area contributed by atoms with Crippen molar-refractivity contribution in [2.75, 3.05) is 33.1 Å². The number of nitrogens with zero attached hydrogens (tertiary/aromatic N) is 2. The van der Waals surface area contributed by atoms with Gasteiger partial charge in [0.2, 0.25) is 5.36 Å². The Morgan fingerprint density at radius 2 is 1.72 bits per heavy atom. The van der Waals surface area contributed by atoms with Crippen molar-refractivity contribution in [3.05, 3.63) is 71.6 Å². The third kappa shape index (κ3) is 3.98. The van der Waals surface area contributed by atoms with Crippen molar-refractivity contribution in [2.24, 2.45) is 0 Å². The van der Waals surface area contributed by atoms with Crippen LogP contribution in [0.1, 0.15) is 24.2 Å². The maximum absolute atomic E-state index is 13.1. The number of carbonyl (C=O) groups is 1. The third-order valence-corrected chi connectivity index (χ3v) is 5.58. The average molecular weight is 429 g/mol. The lowest BCUT2D eigenvalue weighted by Gasteiger charge is -2.19. The number of amides is 1. The van der Waals surface area contributed by atoms with E-state index in [2.05, 4.69) is 51.2 Å². The standard InChI is InChI=1S/C27H29N3O2/c1-17(2)28-27(31)21-10-8-7-9-20(21)26-22-13-11-18(29(3)4)15-24(22)32-25-16-19(30(5)6)12-14-23(25)26/h7-17H,1-6H3/p+1. The lowest BCUT2D eigenvalue weighted by atomic mass is 9.90. The van der Waals surface area contributed by atoms with Crippen LogP contribution >= 0.6 is 0 Å². The van der Waals surface area contributed by atoms with Crippen LogP contribution in [0.15, 0.2) is 65.1 Å². The van der Waals surface area contributed by atoms with Gasteiger partial charge in [-0.3, -0.25) is 4.79 Å². The average Bonchev–Trinajstić information content (AvgIpc) is 2.76. The second kappa shape index (κ2) is 8.50. The molecular formula is C27H30N3O2+. The Hall–Kier alpha value is -3.60. The van der Waals surface area contributed by atoms with E-state index in [9.17, 15) is 4.79 Å². The number of fused-ring (bicyclic) bond motifs is 2. The summed E-state index contributed by atoms with van der Waals surface area (Å²) >= 11 is 0. The molecule has 2 aliphatic rings. The number of benzene rings is 3. The molecule has 4 rings (SSSR count). The van der Waals surface area contributed by atoms with Crippen molar-refractivity contribution in [1.82, 2.24) is 9.89 Å². The van der Waals surface area contributed by atoms with Gasteiger partial charge in [0.25, 0.3) is 5.91 Å². The van der Waals surface area contributed by atoms with Gasteiger partial charge in [-0.2, -0.15) is 0 Å². The number of rotatable bonds is 4. The van der Waals surface area contributed by atoms with Crippen molar-refractivity contribution < 1.29 is 9.21 Å². The Labute approximate surface area is 189 Å². The maximum atomic E-state index is 13.1. The summed E-state index contributed by atoms with van der Waals surface area (Å²) in [5.74, 6) is 0.709. The maximum Gasteiger partial charge on any atom is 0.252 e. The number of carbonyl (C=O) groups excluding carboxylic acids is 1. The highest BCUT2D eigenvalue weighted by atomic mass is 16.3. The lowest BCUT2D eigenvalue weighted by molar-refractivity contribution is 0.0944. The van der Waals surface area contributed by atoms with Crippen LogP contribution in [0.5, 0.6) is 0 Å². The molecular weight excluding hydrogens is 398 g/mol. The Balaban J connectivity index is 2.10. The van der Waals surface area contributed by atoms with Gasteiger partial charge < -0.3 is 14.6 Å². The molecule has 0 bridgehead atoms. The zero-order valence-corrected chi connectivity index (χ0v) is 19.6. The number of hydrogen-bond donors (Lipinski definition) is 1. The second-order valence-corrected chi connectivity index (χ2v) is 8.80. The van der Waals surface area contributed by atoms with Gasteiger partial charge in [0.15, 0.2) is 0 Å². The molecule has 5 heteroatoms. The molecule has 2 aromatic rings. The third-order valence-electron chi connectivity index (χ3n) is 5.58. The normalized spacial score (nSPS) is 11.2. The van der Waals surface area contributed by atoms with Crippen LogP contribution in [0.3, 0.4) is 0 Å². The Morgan fingerprint density at radius 3 is 2.41 bits per heavy atom. The monoisotopic (exact) mass is 428 g/mol. The van der Waals surface area contributed by atoms with Crippen molar-refractivity contribution >= 4 is 22.6 Å². The van der Waals surface area contributed by atoms with Gasteiger partial charge in [-0.05, 0) is 43.7 Å². The summed E-state index contributed by atoms with van der Waals surface area (Å²) in [7, 11) is 8.05. The van der Waals surface area contributed by atoms with E-state index in [1.165, 1.54) is 0 Å². The molecule has 1 aliphatic heterocycles. The van der Waals surface area contributed by atoms with Crippen molar-refractivity contribution in [3.63, 3.8) is 0 Å². The molecule has 0 saturated carbocycles. The first-order valence-corrected chi connectivity index (χ1v) is 10.8. The minimum Gasteiger partial charge on any atom is -0.456 e. The molecule has 32 heavy (non-hydrogen) atoms. The highest BCUT2D eigenvalue weighted by Crippen LogP contribution is 2.41. The summed E-state index contributed by atoms with van der Waals surface area (Å²) < 4.78 is 8.46. The topological polar surface area (TPSA) is 48.5 Å². The van der Waals surface area contributed by atoms with E-state index in [1.54, 1.807) is 0 Å². The fourth-order valence-corrected chi connectivity index (χ4v) is 3.95. The van der Waals surface area contributed by atoms with Crippen LogP contribution in [0.4, 0.5) is 5.69 Å². The molecule has 164 valence electrons. The first-order valence-electron chi connectivity index (χ1n) is 10.8. The summed E-state index contributed by atoms with van der Waals surface area (Å²) in [6.45, 7) is 3.94. The van der Waals surface area contributed by atoms with Gasteiger partial charge in [0.1, 0.15) is 25.4 Å². The molecule has 1 heterocycles. The van der Waals surface area contributed by atoms with E-state index in [0.717, 1.165) is 44.5 Å². The summed E-state index contributed by atoms with van der Waals surface area (Å²) in [6.07, 6.45) is 0. The minimum absolute atomic E-state index is 0.0557. The number of hydrogen-bond acceptors (Lipinski definition) is 3. The molecule has 1 amide bonds. The van der Waals surface area contributed by atoms with E-state index < -0.39 is 0 Å². The van der Waals surface area contributed by atoms with E-state index >= 15 is 0 Å². The summed E-state index contributed by atoms with van der Waals surface area (Å²) in [4.78, 5) is 15.1. The predicted molar refractivity (Wildman–Crippen MR) is 132 cm³/mol. The molecule has 1 N–H and O–H groups in total. The van der Waals surface area contributed by atoms with Crippen LogP contribution in [-0.4, -0.2) is 40.1 Å². The summed E-state index contributed by atoms with van der Waals surface area (Å²) in [5.41, 5.74) is 5.38. The van der Waals surface area contributed by atoms with Crippen molar-refractivity contribution in [1.29, 1.82) is 0 Å². The lowest BCUT2D eigenvalue weighted by Crippen LogP contribution is -2.30. The van der Waals surface area contributed by atoms with Gasteiger partial charge in [-0.15, -0.1) is 0 Å². The number of nitrogens with one attached hydrogen (secondary N) is 1. The molecule has 2 aromatic carbocycles. The van der Waals surface area contributed by atoms with Gasteiger partial charge in [0, 0.05) is 60.0 Å². The van der Waals surface area contributed by atoms with E-state index in [1.807, 2.05) is 66.3 Å². The number of anilines is 1. The van der Waals surface area contributed by atoms with Gasteiger partial charge >= 0.3 is 0 Å². The minimum atomic E-state index is -0.0764. The summed E-state index contributed by atoms with van der Waals surface area (Å²) in [5, 5.41) is 5.07. The van der Waals surface area contributed by atoms with Crippen LogP contribution in [0.2, 0.25) is 0 Å². The van der Waals surface area contributed by atoms with E-state index in [-0.39, 0.29) is 11.9 Å². The quantitative estimate of drug-likeness (QED) is 0.386. The fourth-order valence-electron chi connectivity index (χ4n) is 3.95. The largest absolute Gasteiger partial charge is 0.456 e. The Morgan fingerprint density at radius 1 is 0.969 bits per heavy atom. The summed E-state index contributed by atoms with van der Waals surface area (Å²) in [6, 6.07) is 20.3. The van der Waals surface area contributed by atoms with E-state index in [4.69, 9.17) is 4.42 Å². The second-order valence-electron chi connectivity index (χ2n) is 8.80.